The molecule has 126 valence electrons. The van der Waals surface area contributed by atoms with Gasteiger partial charge in [0.05, 0.1) is 16.4 Å². The number of carbonyl (C=O) groups excluding carboxylic acids is 1. The van der Waals surface area contributed by atoms with Crippen LogP contribution in [0.2, 0.25) is 10.0 Å². The van der Waals surface area contributed by atoms with E-state index in [4.69, 9.17) is 23.2 Å². The van der Waals surface area contributed by atoms with Gasteiger partial charge in [-0.3, -0.25) is 4.79 Å². The summed E-state index contributed by atoms with van der Waals surface area (Å²) in [5, 5.41) is 4.14. The van der Waals surface area contributed by atoms with E-state index in [0.29, 0.717) is 15.6 Å². The van der Waals surface area contributed by atoms with Crippen molar-refractivity contribution in [2.75, 3.05) is 43.4 Å². The highest BCUT2D eigenvalue weighted by Crippen LogP contribution is 2.34. The molecule has 0 unspecified atom stereocenters. The topological polar surface area (TPSA) is 35.6 Å². The molecular weight excluding hydrogens is 345 g/mol. The Morgan fingerprint density at radius 1 is 1.04 bits per heavy atom. The fourth-order valence-corrected chi connectivity index (χ4v) is 3.28. The van der Waals surface area contributed by atoms with E-state index in [-0.39, 0.29) is 5.91 Å². The number of carbonyl (C=O) groups is 1. The molecule has 0 saturated carbocycles. The van der Waals surface area contributed by atoms with Crippen molar-refractivity contribution in [2.24, 2.45) is 0 Å². The van der Waals surface area contributed by atoms with Crippen LogP contribution in [0.15, 0.2) is 42.5 Å². The van der Waals surface area contributed by atoms with Crippen molar-refractivity contribution >= 4 is 40.5 Å². The van der Waals surface area contributed by atoms with Crippen LogP contribution in [-0.2, 0) is 0 Å². The number of nitrogens with zero attached hydrogens (tertiary/aromatic N) is 2. The number of halogens is 2. The highest BCUT2D eigenvalue weighted by molar-refractivity contribution is 6.34. The normalized spacial score (nSPS) is 15.4. The number of benzene rings is 2. The van der Waals surface area contributed by atoms with Gasteiger partial charge in [0.25, 0.3) is 5.91 Å². The maximum atomic E-state index is 12.5. The van der Waals surface area contributed by atoms with Crippen LogP contribution in [0.4, 0.5) is 11.4 Å². The molecular formula is C18H19Cl2N3O. The number of nitrogens with one attached hydrogen (secondary N) is 1. The highest BCUT2D eigenvalue weighted by Gasteiger charge is 2.20. The first-order chi connectivity index (χ1) is 11.5. The second-order valence-corrected chi connectivity index (χ2v) is 6.73. The zero-order valence-electron chi connectivity index (χ0n) is 13.4. The van der Waals surface area contributed by atoms with Crippen LogP contribution in [-0.4, -0.2) is 44.0 Å². The van der Waals surface area contributed by atoms with Crippen molar-refractivity contribution in [1.82, 2.24) is 4.90 Å². The minimum absolute atomic E-state index is 0.199. The Bertz CT molecular complexity index is 743. The van der Waals surface area contributed by atoms with Crippen LogP contribution in [0.25, 0.3) is 0 Å². The first kappa shape index (κ1) is 17.1. The largest absolute Gasteiger partial charge is 0.366 e. The lowest BCUT2D eigenvalue weighted by atomic mass is 10.1. The van der Waals surface area contributed by atoms with Gasteiger partial charge in [0.1, 0.15) is 0 Å². The lowest BCUT2D eigenvalue weighted by Crippen LogP contribution is -2.44. The molecule has 1 aliphatic heterocycles. The summed E-state index contributed by atoms with van der Waals surface area (Å²) in [7, 11) is 2.10. The Labute approximate surface area is 152 Å². The van der Waals surface area contributed by atoms with Gasteiger partial charge in [-0.25, -0.2) is 0 Å². The summed E-state index contributed by atoms with van der Waals surface area (Å²) >= 11 is 12.4. The third kappa shape index (κ3) is 3.83. The van der Waals surface area contributed by atoms with Gasteiger partial charge in [-0.05, 0) is 37.4 Å². The van der Waals surface area contributed by atoms with Crippen LogP contribution in [0.5, 0.6) is 0 Å². The van der Waals surface area contributed by atoms with Crippen LogP contribution in [0.3, 0.4) is 0 Å². The average molecular weight is 364 g/mol. The molecule has 3 rings (SSSR count). The molecule has 0 aliphatic carbocycles. The van der Waals surface area contributed by atoms with E-state index in [0.717, 1.165) is 37.6 Å². The summed E-state index contributed by atoms with van der Waals surface area (Å²) in [6.07, 6.45) is 0. The van der Waals surface area contributed by atoms with Gasteiger partial charge in [0, 0.05) is 36.8 Å². The predicted octanol–water partition coefficient (Wildman–Crippen LogP) is 4.00. The zero-order chi connectivity index (χ0) is 17.1. The number of amides is 1. The van der Waals surface area contributed by atoms with Crippen molar-refractivity contribution in [1.29, 1.82) is 0 Å². The van der Waals surface area contributed by atoms with E-state index in [9.17, 15) is 4.79 Å². The number of hydrogen-bond acceptors (Lipinski definition) is 3. The van der Waals surface area contributed by atoms with E-state index < -0.39 is 0 Å². The molecule has 1 amide bonds. The van der Waals surface area contributed by atoms with Crippen molar-refractivity contribution in [3.8, 4) is 0 Å². The van der Waals surface area contributed by atoms with Gasteiger partial charge in [-0.15, -0.1) is 0 Å². The van der Waals surface area contributed by atoms with Gasteiger partial charge in [0.15, 0.2) is 0 Å². The number of rotatable bonds is 3. The third-order valence-electron chi connectivity index (χ3n) is 4.14. The molecule has 2 aromatic carbocycles. The molecule has 0 atom stereocenters. The first-order valence-electron chi connectivity index (χ1n) is 7.83. The predicted molar refractivity (Wildman–Crippen MR) is 101 cm³/mol. The summed E-state index contributed by atoms with van der Waals surface area (Å²) < 4.78 is 0. The van der Waals surface area contributed by atoms with Gasteiger partial charge in [-0.2, -0.15) is 0 Å². The van der Waals surface area contributed by atoms with E-state index in [1.54, 1.807) is 24.3 Å². The van der Waals surface area contributed by atoms with Crippen molar-refractivity contribution < 1.29 is 4.79 Å². The Balaban J connectivity index is 1.85. The second-order valence-electron chi connectivity index (χ2n) is 5.89. The molecule has 0 bridgehead atoms. The van der Waals surface area contributed by atoms with Gasteiger partial charge in [0.2, 0.25) is 0 Å². The van der Waals surface area contributed by atoms with E-state index >= 15 is 0 Å². The van der Waals surface area contributed by atoms with E-state index in [2.05, 4.69) is 22.2 Å². The summed E-state index contributed by atoms with van der Waals surface area (Å²) in [5.41, 5.74) is 2.12. The smallest absolute Gasteiger partial charge is 0.255 e. The number of anilines is 2. The van der Waals surface area contributed by atoms with Crippen LogP contribution >= 0.6 is 23.2 Å². The van der Waals surface area contributed by atoms with Crippen molar-refractivity contribution in [3.63, 3.8) is 0 Å². The number of para-hydroxylation sites is 1. The maximum absolute atomic E-state index is 12.5. The third-order valence-corrected chi connectivity index (χ3v) is 4.68. The molecule has 0 radical (unpaired) electrons. The summed E-state index contributed by atoms with van der Waals surface area (Å²) in [6, 6.07) is 12.5. The fraction of sp³-hybridized carbons (Fsp3) is 0.278. The Kier molecular flexibility index (Phi) is 5.29. The fourth-order valence-electron chi connectivity index (χ4n) is 2.79. The number of likely N-dealkylation sites (N-methyl/N-ethyl adjacent to an activating group) is 1. The number of piperazine rings is 1. The van der Waals surface area contributed by atoms with Crippen LogP contribution < -0.4 is 10.2 Å². The standard InChI is InChI=1S/C18H19Cl2N3O/c1-22-8-10-23(11-9-22)17-15(20)6-3-7-16(17)21-18(24)13-4-2-5-14(19)12-13/h2-7,12H,8-11H2,1H3,(H,21,24). The quantitative estimate of drug-likeness (QED) is 0.894. The maximum Gasteiger partial charge on any atom is 0.255 e. The summed E-state index contributed by atoms with van der Waals surface area (Å²) in [6.45, 7) is 3.68. The molecule has 1 N–H and O–H groups in total. The average Bonchev–Trinajstić information content (AvgIpc) is 2.56. The van der Waals surface area contributed by atoms with Crippen molar-refractivity contribution in [3.05, 3.63) is 58.1 Å². The minimum atomic E-state index is -0.199. The Hall–Kier alpha value is -1.75. The highest BCUT2D eigenvalue weighted by atomic mass is 35.5. The molecule has 1 saturated heterocycles. The molecule has 2 aromatic rings. The lowest BCUT2D eigenvalue weighted by Gasteiger charge is -2.35. The molecule has 1 heterocycles. The van der Waals surface area contributed by atoms with Crippen molar-refractivity contribution in [2.45, 2.75) is 0 Å². The molecule has 4 nitrogen and oxygen atoms in total. The molecule has 6 heteroatoms. The molecule has 0 spiro atoms. The molecule has 24 heavy (non-hydrogen) atoms. The Morgan fingerprint density at radius 3 is 2.46 bits per heavy atom. The van der Waals surface area contributed by atoms with Gasteiger partial charge in [-0.1, -0.05) is 35.3 Å². The van der Waals surface area contributed by atoms with Crippen LogP contribution in [0, 0.1) is 0 Å². The monoisotopic (exact) mass is 363 g/mol. The summed E-state index contributed by atoms with van der Waals surface area (Å²) in [5.74, 6) is -0.199. The van der Waals surface area contributed by atoms with Gasteiger partial charge >= 0.3 is 0 Å². The number of hydrogen-bond donors (Lipinski definition) is 1. The molecule has 1 aliphatic rings. The Morgan fingerprint density at radius 2 is 1.75 bits per heavy atom. The molecule has 0 aromatic heterocycles. The zero-order valence-corrected chi connectivity index (χ0v) is 14.9. The van der Waals surface area contributed by atoms with E-state index in [1.165, 1.54) is 0 Å². The lowest BCUT2D eigenvalue weighted by molar-refractivity contribution is 0.102. The molecule has 1 fully saturated rings. The second kappa shape index (κ2) is 7.43. The van der Waals surface area contributed by atoms with Crippen LogP contribution in [0.1, 0.15) is 10.4 Å². The minimum Gasteiger partial charge on any atom is -0.366 e. The first-order valence-corrected chi connectivity index (χ1v) is 8.59. The van der Waals surface area contributed by atoms with E-state index in [1.807, 2.05) is 18.2 Å². The SMILES string of the molecule is CN1CCN(c2c(Cl)cccc2NC(=O)c2cccc(Cl)c2)CC1. The van der Waals surface area contributed by atoms with Gasteiger partial charge < -0.3 is 15.1 Å². The summed E-state index contributed by atoms with van der Waals surface area (Å²) in [4.78, 5) is 17.0.